The summed E-state index contributed by atoms with van der Waals surface area (Å²) in [5.74, 6) is -0.761. The number of ketones is 1. The molecule has 0 spiro atoms. The van der Waals surface area contributed by atoms with Crippen LogP contribution in [0.15, 0.2) is 42.5 Å². The molecule has 2 aromatic carbocycles. The molecule has 1 aliphatic rings. The van der Waals surface area contributed by atoms with E-state index >= 15 is 0 Å². The molecule has 2 aromatic rings. The lowest BCUT2D eigenvalue weighted by atomic mass is 10.0. The minimum absolute atomic E-state index is 0.0560. The van der Waals surface area contributed by atoms with Gasteiger partial charge in [-0.15, -0.1) is 0 Å². The molecule has 5 nitrogen and oxygen atoms in total. The van der Waals surface area contributed by atoms with Gasteiger partial charge >= 0.3 is 5.97 Å². The molecule has 5 heteroatoms. The number of anilines is 1. The van der Waals surface area contributed by atoms with Gasteiger partial charge < -0.3 is 9.64 Å². The predicted octanol–water partition coefficient (Wildman–Crippen LogP) is 3.47. The summed E-state index contributed by atoms with van der Waals surface area (Å²) in [4.78, 5) is 38.0. The molecule has 1 saturated heterocycles. The largest absolute Gasteiger partial charge is 0.454 e. The van der Waals surface area contributed by atoms with E-state index in [9.17, 15) is 14.4 Å². The van der Waals surface area contributed by atoms with Gasteiger partial charge in [0.05, 0.1) is 5.56 Å². The van der Waals surface area contributed by atoms with E-state index in [-0.39, 0.29) is 18.3 Å². The molecule has 0 aliphatic carbocycles. The molecule has 0 bridgehead atoms. The van der Waals surface area contributed by atoms with E-state index in [4.69, 9.17) is 4.74 Å². The Labute approximate surface area is 152 Å². The van der Waals surface area contributed by atoms with Crippen LogP contribution in [0, 0.1) is 13.8 Å². The van der Waals surface area contributed by atoms with Gasteiger partial charge in [0, 0.05) is 24.2 Å². The third-order valence-electron chi connectivity index (χ3n) is 4.63. The van der Waals surface area contributed by atoms with Crippen LogP contribution in [0.25, 0.3) is 0 Å². The third kappa shape index (κ3) is 3.82. The smallest absolute Gasteiger partial charge is 0.338 e. The highest BCUT2D eigenvalue weighted by Crippen LogP contribution is 2.22. The van der Waals surface area contributed by atoms with Crippen molar-refractivity contribution in [1.82, 2.24) is 0 Å². The maximum absolute atomic E-state index is 12.3. The van der Waals surface area contributed by atoms with Gasteiger partial charge in [-0.3, -0.25) is 9.59 Å². The van der Waals surface area contributed by atoms with E-state index in [1.165, 1.54) is 0 Å². The summed E-state index contributed by atoms with van der Waals surface area (Å²) in [6, 6.07) is 12.2. The first-order chi connectivity index (χ1) is 12.5. The highest BCUT2D eigenvalue weighted by atomic mass is 16.5. The number of Topliss-reactive ketones (excluding diaryl/α,β-unsaturated/α-hetero) is 1. The fraction of sp³-hybridized carbons (Fsp3) is 0.286. The number of carbonyl (C=O) groups is 3. The number of ether oxygens (including phenoxy) is 1. The number of aryl methyl sites for hydroxylation is 2. The first kappa shape index (κ1) is 17.9. The van der Waals surface area contributed by atoms with Crippen molar-refractivity contribution in [3.63, 3.8) is 0 Å². The van der Waals surface area contributed by atoms with Crippen LogP contribution in [0.5, 0.6) is 0 Å². The van der Waals surface area contributed by atoms with Crippen molar-refractivity contribution in [3.05, 3.63) is 64.7 Å². The number of hydrogen-bond acceptors (Lipinski definition) is 4. The zero-order chi connectivity index (χ0) is 18.7. The highest BCUT2D eigenvalue weighted by Gasteiger charge is 2.22. The van der Waals surface area contributed by atoms with Gasteiger partial charge in [0.25, 0.3) is 0 Å². The Morgan fingerprint density at radius 2 is 1.85 bits per heavy atom. The van der Waals surface area contributed by atoms with Gasteiger partial charge in [-0.05, 0) is 55.7 Å². The fourth-order valence-corrected chi connectivity index (χ4v) is 2.93. The number of nitrogens with zero attached hydrogens (tertiary/aromatic N) is 1. The molecule has 3 rings (SSSR count). The molecule has 0 unspecified atom stereocenters. The average Bonchev–Trinajstić information content (AvgIpc) is 3.07. The van der Waals surface area contributed by atoms with Crippen LogP contribution in [0.1, 0.15) is 44.7 Å². The number of amides is 1. The van der Waals surface area contributed by atoms with Crippen LogP contribution in [0.4, 0.5) is 5.69 Å². The molecule has 1 amide bonds. The van der Waals surface area contributed by atoms with Crippen LogP contribution in [-0.2, 0) is 9.53 Å². The first-order valence-corrected chi connectivity index (χ1v) is 8.64. The second-order valence-corrected chi connectivity index (χ2v) is 6.50. The zero-order valence-electron chi connectivity index (χ0n) is 15.0. The molecule has 1 heterocycles. The molecular formula is C21H21NO4. The minimum Gasteiger partial charge on any atom is -0.454 e. The van der Waals surface area contributed by atoms with Gasteiger partial charge in [0.1, 0.15) is 0 Å². The lowest BCUT2D eigenvalue weighted by Crippen LogP contribution is -2.24. The monoisotopic (exact) mass is 351 g/mol. The van der Waals surface area contributed by atoms with E-state index in [0.29, 0.717) is 29.8 Å². The number of esters is 1. The summed E-state index contributed by atoms with van der Waals surface area (Å²) in [7, 11) is 0. The maximum atomic E-state index is 12.3. The molecule has 0 atom stereocenters. The quantitative estimate of drug-likeness (QED) is 0.611. The Hall–Kier alpha value is -2.95. The molecular weight excluding hydrogens is 330 g/mol. The molecule has 134 valence electrons. The van der Waals surface area contributed by atoms with Crippen LogP contribution >= 0.6 is 0 Å². The summed E-state index contributed by atoms with van der Waals surface area (Å²) in [6.45, 7) is 4.25. The fourth-order valence-electron chi connectivity index (χ4n) is 2.93. The minimum atomic E-state index is -0.573. The number of rotatable bonds is 5. The van der Waals surface area contributed by atoms with E-state index < -0.39 is 5.97 Å². The van der Waals surface area contributed by atoms with Crippen molar-refractivity contribution >= 4 is 23.3 Å². The lowest BCUT2D eigenvalue weighted by molar-refractivity contribution is -0.117. The normalized spacial score (nSPS) is 13.8. The van der Waals surface area contributed by atoms with Crippen LogP contribution < -0.4 is 4.90 Å². The summed E-state index contributed by atoms with van der Waals surface area (Å²) >= 11 is 0. The summed E-state index contributed by atoms with van der Waals surface area (Å²) in [5, 5.41) is 0. The Kier molecular flexibility index (Phi) is 5.16. The van der Waals surface area contributed by atoms with Gasteiger partial charge in [-0.2, -0.15) is 0 Å². The van der Waals surface area contributed by atoms with Gasteiger partial charge in [-0.1, -0.05) is 18.2 Å². The molecule has 0 N–H and O–H groups in total. The van der Waals surface area contributed by atoms with Crippen molar-refractivity contribution in [2.75, 3.05) is 18.1 Å². The van der Waals surface area contributed by atoms with Crippen LogP contribution in [0.3, 0.4) is 0 Å². The molecule has 0 saturated carbocycles. The van der Waals surface area contributed by atoms with Crippen molar-refractivity contribution < 1.29 is 19.1 Å². The molecule has 26 heavy (non-hydrogen) atoms. The SMILES string of the molecule is Cc1ccc(C(=O)COC(=O)c2cccc(N3CCCC3=O)c2)cc1C. The van der Waals surface area contributed by atoms with E-state index in [1.54, 1.807) is 41.3 Å². The van der Waals surface area contributed by atoms with Gasteiger partial charge in [-0.25, -0.2) is 4.79 Å². The Bertz CT molecular complexity index is 872. The standard InChI is InChI=1S/C21H21NO4/c1-14-8-9-16(11-15(14)2)19(23)13-26-21(25)17-5-3-6-18(12-17)22-10-4-7-20(22)24/h3,5-6,8-9,11-12H,4,7,10,13H2,1-2H3. The molecule has 0 aromatic heterocycles. The first-order valence-electron chi connectivity index (χ1n) is 8.64. The molecule has 1 fully saturated rings. The van der Waals surface area contributed by atoms with E-state index in [0.717, 1.165) is 17.5 Å². The Balaban J connectivity index is 1.65. The molecule has 0 radical (unpaired) electrons. The average molecular weight is 351 g/mol. The van der Waals surface area contributed by atoms with E-state index in [2.05, 4.69) is 0 Å². The van der Waals surface area contributed by atoms with Gasteiger partial charge in [0.2, 0.25) is 5.91 Å². The Morgan fingerprint density at radius 1 is 1.04 bits per heavy atom. The third-order valence-corrected chi connectivity index (χ3v) is 4.63. The number of carbonyl (C=O) groups excluding carboxylic acids is 3. The van der Waals surface area contributed by atoms with E-state index in [1.807, 2.05) is 19.9 Å². The van der Waals surface area contributed by atoms with Gasteiger partial charge in [0.15, 0.2) is 12.4 Å². The van der Waals surface area contributed by atoms with Crippen LogP contribution in [-0.4, -0.2) is 30.8 Å². The topological polar surface area (TPSA) is 63.7 Å². The zero-order valence-corrected chi connectivity index (χ0v) is 15.0. The summed E-state index contributed by atoms with van der Waals surface area (Å²) < 4.78 is 5.17. The predicted molar refractivity (Wildman–Crippen MR) is 98.6 cm³/mol. The second-order valence-electron chi connectivity index (χ2n) is 6.50. The maximum Gasteiger partial charge on any atom is 0.338 e. The molecule has 1 aliphatic heterocycles. The van der Waals surface area contributed by atoms with Crippen LogP contribution in [0.2, 0.25) is 0 Å². The van der Waals surface area contributed by atoms with Crippen molar-refractivity contribution in [1.29, 1.82) is 0 Å². The lowest BCUT2D eigenvalue weighted by Gasteiger charge is -2.16. The summed E-state index contributed by atoms with van der Waals surface area (Å²) in [6.07, 6.45) is 1.34. The Morgan fingerprint density at radius 3 is 2.54 bits per heavy atom. The second kappa shape index (κ2) is 7.52. The number of hydrogen-bond donors (Lipinski definition) is 0. The highest BCUT2D eigenvalue weighted by molar-refractivity contribution is 6.00. The summed E-state index contributed by atoms with van der Waals surface area (Å²) in [5.41, 5.74) is 3.66. The van der Waals surface area contributed by atoms with Crippen molar-refractivity contribution in [2.24, 2.45) is 0 Å². The number of benzene rings is 2. The van der Waals surface area contributed by atoms with Crippen molar-refractivity contribution in [2.45, 2.75) is 26.7 Å². The van der Waals surface area contributed by atoms with Crippen molar-refractivity contribution in [3.8, 4) is 0 Å².